The molecule has 0 aromatic heterocycles. The second kappa shape index (κ2) is 8.88. The normalized spacial score (nSPS) is 11.0. The maximum atomic E-state index is 12.5. The minimum absolute atomic E-state index is 0.274. The van der Waals surface area contributed by atoms with Gasteiger partial charge in [-0.05, 0) is 56.2 Å². The number of benzene rings is 2. The van der Waals surface area contributed by atoms with Crippen LogP contribution in [-0.2, 0) is 19.6 Å². The highest BCUT2D eigenvalue weighted by molar-refractivity contribution is 7.92. The Morgan fingerprint density at radius 2 is 1.75 bits per heavy atom. The van der Waals surface area contributed by atoms with Crippen molar-refractivity contribution in [1.82, 2.24) is 0 Å². The van der Waals surface area contributed by atoms with Gasteiger partial charge in [-0.3, -0.25) is 9.10 Å². The molecule has 8 heteroatoms. The lowest BCUT2D eigenvalue weighted by Gasteiger charge is -2.23. The largest absolute Gasteiger partial charge is 0.462 e. The summed E-state index contributed by atoms with van der Waals surface area (Å²) in [6, 6.07) is 11.7. The lowest BCUT2D eigenvalue weighted by atomic mass is 10.1. The van der Waals surface area contributed by atoms with Gasteiger partial charge in [-0.2, -0.15) is 0 Å². The first-order chi connectivity index (χ1) is 13.1. The third-order valence-electron chi connectivity index (χ3n) is 4.08. The van der Waals surface area contributed by atoms with Crippen molar-refractivity contribution >= 4 is 33.3 Å². The molecule has 1 N–H and O–H groups in total. The van der Waals surface area contributed by atoms with Gasteiger partial charge in [-0.15, -0.1) is 0 Å². The summed E-state index contributed by atoms with van der Waals surface area (Å²) in [4.78, 5) is 24.3. The van der Waals surface area contributed by atoms with E-state index in [0.29, 0.717) is 22.5 Å². The predicted molar refractivity (Wildman–Crippen MR) is 109 cm³/mol. The molecule has 0 atom stereocenters. The fraction of sp³-hybridized carbons (Fsp3) is 0.300. The lowest BCUT2D eigenvalue weighted by molar-refractivity contribution is -0.114. The number of nitrogens with zero attached hydrogens (tertiary/aromatic N) is 1. The monoisotopic (exact) mass is 404 g/mol. The van der Waals surface area contributed by atoms with E-state index in [4.69, 9.17) is 4.74 Å². The van der Waals surface area contributed by atoms with Crippen LogP contribution in [0.15, 0.2) is 42.5 Å². The highest BCUT2D eigenvalue weighted by atomic mass is 32.2. The Hall–Kier alpha value is -2.87. The number of amides is 1. The third kappa shape index (κ3) is 5.32. The minimum atomic E-state index is -3.65. The number of ether oxygens (including phenoxy) is 1. The molecule has 0 unspecified atom stereocenters. The molecule has 2 rings (SSSR count). The standard InChI is InChI=1S/C20H24N2O5S/c1-5-27-20(24)16-10-11-17(15(3)12-16)21-19(23)13-22(28(4,25)26)18-9-7-6-8-14(18)2/h6-12H,5,13H2,1-4H3,(H,21,23). The average Bonchev–Trinajstić information content (AvgIpc) is 2.61. The van der Waals surface area contributed by atoms with E-state index in [2.05, 4.69) is 5.32 Å². The summed E-state index contributed by atoms with van der Waals surface area (Å²) in [6.07, 6.45) is 1.06. The Morgan fingerprint density at radius 3 is 2.32 bits per heavy atom. The van der Waals surface area contributed by atoms with Gasteiger partial charge in [0.25, 0.3) is 0 Å². The maximum absolute atomic E-state index is 12.5. The molecule has 0 aliphatic rings. The molecule has 7 nitrogen and oxygen atoms in total. The summed E-state index contributed by atoms with van der Waals surface area (Å²) < 4.78 is 30.5. The first-order valence-electron chi connectivity index (χ1n) is 8.74. The number of carbonyl (C=O) groups is 2. The van der Waals surface area contributed by atoms with Crippen LogP contribution in [0.5, 0.6) is 0 Å². The molecule has 2 aromatic rings. The summed E-state index contributed by atoms with van der Waals surface area (Å²) in [5.41, 5.74) is 2.75. The van der Waals surface area contributed by atoms with E-state index in [1.54, 1.807) is 63.2 Å². The van der Waals surface area contributed by atoms with Crippen LogP contribution in [0, 0.1) is 13.8 Å². The van der Waals surface area contributed by atoms with Crippen molar-refractivity contribution in [2.24, 2.45) is 0 Å². The van der Waals surface area contributed by atoms with Crippen LogP contribution in [0.3, 0.4) is 0 Å². The maximum Gasteiger partial charge on any atom is 0.338 e. The number of esters is 1. The van der Waals surface area contributed by atoms with Crippen molar-refractivity contribution in [3.63, 3.8) is 0 Å². The van der Waals surface area contributed by atoms with E-state index in [-0.39, 0.29) is 13.2 Å². The molecule has 0 aliphatic heterocycles. The van der Waals surface area contributed by atoms with Crippen molar-refractivity contribution in [2.45, 2.75) is 20.8 Å². The molecule has 0 saturated heterocycles. The number of para-hydroxylation sites is 1. The van der Waals surface area contributed by atoms with Gasteiger partial charge in [-0.25, -0.2) is 13.2 Å². The van der Waals surface area contributed by atoms with Gasteiger partial charge in [0.1, 0.15) is 6.54 Å². The molecule has 0 fully saturated rings. The minimum Gasteiger partial charge on any atom is -0.462 e. The molecular weight excluding hydrogens is 380 g/mol. The smallest absolute Gasteiger partial charge is 0.338 e. The molecule has 0 saturated carbocycles. The zero-order valence-corrected chi connectivity index (χ0v) is 17.2. The number of nitrogens with one attached hydrogen (secondary N) is 1. The number of aryl methyl sites for hydroxylation is 2. The molecule has 28 heavy (non-hydrogen) atoms. The topological polar surface area (TPSA) is 92.8 Å². The summed E-state index contributed by atoms with van der Waals surface area (Å²) in [5, 5.41) is 2.70. The van der Waals surface area contributed by atoms with Gasteiger partial charge in [-0.1, -0.05) is 18.2 Å². The first-order valence-corrected chi connectivity index (χ1v) is 10.6. The van der Waals surface area contributed by atoms with Crippen LogP contribution in [0.4, 0.5) is 11.4 Å². The second-order valence-corrected chi connectivity index (χ2v) is 8.26. The number of rotatable bonds is 7. The van der Waals surface area contributed by atoms with E-state index in [1.807, 2.05) is 0 Å². The van der Waals surface area contributed by atoms with Gasteiger partial charge in [0.05, 0.1) is 24.1 Å². The molecule has 0 bridgehead atoms. The van der Waals surface area contributed by atoms with Gasteiger partial charge < -0.3 is 10.1 Å². The average molecular weight is 404 g/mol. The summed E-state index contributed by atoms with van der Waals surface area (Å²) in [7, 11) is -3.65. The Labute approximate surface area is 165 Å². The summed E-state index contributed by atoms with van der Waals surface area (Å²) in [6.45, 7) is 5.17. The van der Waals surface area contributed by atoms with E-state index in [0.717, 1.165) is 16.1 Å². The Bertz CT molecular complexity index is 986. The quantitative estimate of drug-likeness (QED) is 0.717. The van der Waals surface area contributed by atoms with Crippen LogP contribution >= 0.6 is 0 Å². The number of anilines is 2. The SMILES string of the molecule is CCOC(=O)c1ccc(NC(=O)CN(c2ccccc2C)S(C)(=O)=O)c(C)c1. The fourth-order valence-electron chi connectivity index (χ4n) is 2.69. The Balaban J connectivity index is 2.20. The summed E-state index contributed by atoms with van der Waals surface area (Å²) >= 11 is 0. The third-order valence-corrected chi connectivity index (χ3v) is 5.21. The van der Waals surface area contributed by atoms with Crippen LogP contribution in [0.2, 0.25) is 0 Å². The number of carbonyl (C=O) groups excluding carboxylic acids is 2. The molecule has 0 spiro atoms. The zero-order chi connectivity index (χ0) is 20.9. The molecule has 150 valence electrons. The number of hydrogen-bond acceptors (Lipinski definition) is 5. The molecule has 0 radical (unpaired) electrons. The molecule has 0 aliphatic carbocycles. The van der Waals surface area contributed by atoms with E-state index >= 15 is 0 Å². The Morgan fingerprint density at radius 1 is 1.07 bits per heavy atom. The van der Waals surface area contributed by atoms with E-state index in [1.165, 1.54) is 0 Å². The van der Waals surface area contributed by atoms with E-state index < -0.39 is 21.9 Å². The molecule has 1 amide bonds. The number of sulfonamides is 1. The van der Waals surface area contributed by atoms with Crippen molar-refractivity contribution in [2.75, 3.05) is 29.0 Å². The number of hydrogen-bond donors (Lipinski definition) is 1. The molecule has 2 aromatic carbocycles. The first kappa shape index (κ1) is 21.4. The van der Waals surface area contributed by atoms with Crippen molar-refractivity contribution in [1.29, 1.82) is 0 Å². The van der Waals surface area contributed by atoms with Crippen molar-refractivity contribution < 1.29 is 22.7 Å². The lowest BCUT2D eigenvalue weighted by Crippen LogP contribution is -2.38. The van der Waals surface area contributed by atoms with Crippen LogP contribution in [-0.4, -0.2) is 39.7 Å². The second-order valence-electron chi connectivity index (χ2n) is 6.35. The van der Waals surface area contributed by atoms with Gasteiger partial charge in [0.15, 0.2) is 0 Å². The highest BCUT2D eigenvalue weighted by Crippen LogP contribution is 2.22. The van der Waals surface area contributed by atoms with Gasteiger partial charge >= 0.3 is 5.97 Å². The van der Waals surface area contributed by atoms with E-state index in [9.17, 15) is 18.0 Å². The van der Waals surface area contributed by atoms with Crippen LogP contribution in [0.1, 0.15) is 28.4 Å². The van der Waals surface area contributed by atoms with Gasteiger partial charge in [0, 0.05) is 5.69 Å². The summed E-state index contributed by atoms with van der Waals surface area (Å²) in [5.74, 6) is -0.924. The van der Waals surface area contributed by atoms with Crippen LogP contribution in [0.25, 0.3) is 0 Å². The Kier molecular flexibility index (Phi) is 6.80. The fourth-order valence-corrected chi connectivity index (χ4v) is 3.60. The molecular formula is C20H24N2O5S. The van der Waals surface area contributed by atoms with Crippen molar-refractivity contribution in [3.8, 4) is 0 Å². The highest BCUT2D eigenvalue weighted by Gasteiger charge is 2.22. The van der Waals surface area contributed by atoms with Gasteiger partial charge in [0.2, 0.25) is 15.9 Å². The molecule has 0 heterocycles. The zero-order valence-electron chi connectivity index (χ0n) is 16.4. The van der Waals surface area contributed by atoms with Crippen molar-refractivity contribution in [3.05, 3.63) is 59.2 Å². The predicted octanol–water partition coefficient (Wildman–Crippen LogP) is 2.88. The van der Waals surface area contributed by atoms with Crippen LogP contribution < -0.4 is 9.62 Å².